The summed E-state index contributed by atoms with van der Waals surface area (Å²) >= 11 is 0. The first-order chi connectivity index (χ1) is 21.8. The number of aliphatic hydroxyl groups is 1. The number of anilines is 1. The number of pyridine rings is 1. The summed E-state index contributed by atoms with van der Waals surface area (Å²) in [4.78, 5) is 29.6. The van der Waals surface area contributed by atoms with Gasteiger partial charge in [0.25, 0.3) is 0 Å². The number of hydrogen-bond donors (Lipinski definition) is 2. The molecule has 3 saturated heterocycles. The van der Waals surface area contributed by atoms with Crippen molar-refractivity contribution in [2.24, 2.45) is 5.92 Å². The lowest BCUT2D eigenvalue weighted by Crippen LogP contribution is -2.43. The molecule has 0 aliphatic carbocycles. The maximum Gasteiger partial charge on any atom is 0.319 e. The fourth-order valence-electron chi connectivity index (χ4n) is 7.78. The van der Waals surface area contributed by atoms with E-state index >= 15 is 4.39 Å². The van der Waals surface area contributed by atoms with E-state index in [1.165, 1.54) is 0 Å². The minimum Gasteiger partial charge on any atom is -0.481 e. The number of carboxylic acids is 1. The van der Waals surface area contributed by atoms with Gasteiger partial charge in [-0.1, -0.05) is 36.4 Å². The SMILES string of the molecule is O=C(O)CC1CCCN(c2nc(OC[C@@]34CCCN3C[C@H](F)C4)nc3c(F)c(-c4cccc5cccc(CCO)c45)ncc23)C1. The van der Waals surface area contributed by atoms with Gasteiger partial charge in [0.05, 0.1) is 10.9 Å². The summed E-state index contributed by atoms with van der Waals surface area (Å²) in [5.74, 6) is -1.09. The third-order valence-corrected chi connectivity index (χ3v) is 9.78. The van der Waals surface area contributed by atoms with E-state index in [1.54, 1.807) is 6.20 Å². The summed E-state index contributed by atoms with van der Waals surface area (Å²) in [6.45, 7) is 2.45. The molecule has 0 radical (unpaired) electrons. The predicted molar refractivity (Wildman–Crippen MR) is 167 cm³/mol. The number of hydrogen-bond acceptors (Lipinski definition) is 8. The van der Waals surface area contributed by atoms with Gasteiger partial charge in [0.1, 0.15) is 29.8 Å². The average molecular weight is 618 g/mol. The summed E-state index contributed by atoms with van der Waals surface area (Å²) in [5.41, 5.74) is 1.25. The van der Waals surface area contributed by atoms with Crippen LogP contribution in [0.25, 0.3) is 32.9 Å². The van der Waals surface area contributed by atoms with Gasteiger partial charge in [-0.3, -0.25) is 14.7 Å². The molecule has 2 aromatic heterocycles. The normalized spacial score (nSPS) is 23.6. The number of aromatic nitrogens is 3. The number of fused-ring (bicyclic) bond motifs is 3. The van der Waals surface area contributed by atoms with E-state index in [9.17, 15) is 19.4 Å². The zero-order chi connectivity index (χ0) is 31.1. The Bertz CT molecular complexity index is 1750. The van der Waals surface area contributed by atoms with Crippen molar-refractivity contribution in [3.8, 4) is 17.3 Å². The van der Waals surface area contributed by atoms with Gasteiger partial charge in [0.2, 0.25) is 0 Å². The van der Waals surface area contributed by atoms with Crippen LogP contribution in [0.1, 0.15) is 44.1 Å². The molecule has 3 atom stereocenters. The number of aliphatic carboxylic acids is 1. The van der Waals surface area contributed by atoms with Crippen molar-refractivity contribution in [3.05, 3.63) is 54.0 Å². The second-order valence-electron chi connectivity index (χ2n) is 12.7. The largest absolute Gasteiger partial charge is 0.481 e. The van der Waals surface area contributed by atoms with Crippen LogP contribution in [0.15, 0.2) is 42.6 Å². The topological polar surface area (TPSA) is 112 Å². The number of ether oxygens (including phenoxy) is 1. The number of benzene rings is 2. The number of nitrogens with zero attached hydrogens (tertiary/aromatic N) is 5. The highest BCUT2D eigenvalue weighted by atomic mass is 19.1. The lowest BCUT2D eigenvalue weighted by atomic mass is 9.94. The van der Waals surface area contributed by atoms with Crippen LogP contribution in [-0.2, 0) is 11.2 Å². The third kappa shape index (κ3) is 5.56. The van der Waals surface area contributed by atoms with Gasteiger partial charge in [-0.25, -0.2) is 8.78 Å². The van der Waals surface area contributed by atoms with Gasteiger partial charge in [-0.05, 0) is 60.9 Å². The van der Waals surface area contributed by atoms with Crippen LogP contribution >= 0.6 is 0 Å². The van der Waals surface area contributed by atoms with E-state index in [4.69, 9.17) is 9.72 Å². The Labute approximate surface area is 259 Å². The molecule has 236 valence electrons. The molecule has 7 rings (SSSR count). The summed E-state index contributed by atoms with van der Waals surface area (Å²) < 4.78 is 37.5. The number of carbonyl (C=O) groups is 1. The minimum atomic E-state index is -0.913. The third-order valence-electron chi connectivity index (χ3n) is 9.78. The summed E-state index contributed by atoms with van der Waals surface area (Å²) in [7, 11) is 0. The van der Waals surface area contributed by atoms with E-state index in [0.717, 1.165) is 48.6 Å². The van der Waals surface area contributed by atoms with Crippen molar-refractivity contribution in [2.75, 3.05) is 44.3 Å². The van der Waals surface area contributed by atoms with Crippen LogP contribution in [0.5, 0.6) is 6.01 Å². The number of carboxylic acid groups (broad SMARTS) is 1. The Balaban J connectivity index is 1.33. The Kier molecular flexibility index (Phi) is 7.99. The fourth-order valence-corrected chi connectivity index (χ4v) is 7.78. The first kappa shape index (κ1) is 29.7. The Morgan fingerprint density at radius 2 is 1.96 bits per heavy atom. The van der Waals surface area contributed by atoms with Crippen LogP contribution in [0, 0.1) is 11.7 Å². The van der Waals surface area contributed by atoms with Crippen LogP contribution in [-0.4, -0.2) is 87.1 Å². The monoisotopic (exact) mass is 617 g/mol. The molecule has 3 aliphatic rings. The van der Waals surface area contributed by atoms with Crippen molar-refractivity contribution in [1.29, 1.82) is 0 Å². The van der Waals surface area contributed by atoms with Crippen molar-refractivity contribution >= 4 is 33.5 Å². The lowest BCUT2D eigenvalue weighted by Gasteiger charge is -2.34. The first-order valence-corrected chi connectivity index (χ1v) is 15.8. The van der Waals surface area contributed by atoms with Crippen molar-refractivity contribution in [2.45, 2.75) is 56.7 Å². The quantitative estimate of drug-likeness (QED) is 0.263. The second kappa shape index (κ2) is 12.1. The van der Waals surface area contributed by atoms with Crippen molar-refractivity contribution in [1.82, 2.24) is 19.9 Å². The Morgan fingerprint density at radius 3 is 2.78 bits per heavy atom. The van der Waals surface area contributed by atoms with Gasteiger partial charge >= 0.3 is 12.0 Å². The summed E-state index contributed by atoms with van der Waals surface area (Å²) in [5, 5.41) is 21.3. The van der Waals surface area contributed by atoms with Crippen LogP contribution in [0.2, 0.25) is 0 Å². The predicted octanol–water partition coefficient (Wildman–Crippen LogP) is 5.17. The minimum absolute atomic E-state index is 0.0105. The number of halogens is 2. The van der Waals surface area contributed by atoms with E-state index < -0.39 is 23.5 Å². The Morgan fingerprint density at radius 1 is 1.11 bits per heavy atom. The van der Waals surface area contributed by atoms with Crippen LogP contribution < -0.4 is 9.64 Å². The fraction of sp³-hybridized carbons (Fsp3) is 0.471. The van der Waals surface area contributed by atoms with E-state index in [-0.39, 0.29) is 42.8 Å². The zero-order valence-electron chi connectivity index (χ0n) is 25.1. The highest BCUT2D eigenvalue weighted by Gasteiger charge is 2.49. The molecular formula is C34H37F2N5O4. The molecule has 0 amide bonds. The van der Waals surface area contributed by atoms with Gasteiger partial charge in [0, 0.05) is 50.8 Å². The smallest absolute Gasteiger partial charge is 0.319 e. The summed E-state index contributed by atoms with van der Waals surface area (Å²) in [6, 6.07) is 11.4. The first-order valence-electron chi connectivity index (χ1n) is 15.8. The molecule has 2 N–H and O–H groups in total. The molecule has 3 aliphatic heterocycles. The number of rotatable bonds is 9. The maximum absolute atomic E-state index is 16.8. The molecule has 11 heteroatoms. The molecule has 5 heterocycles. The van der Waals surface area contributed by atoms with Crippen molar-refractivity contribution in [3.63, 3.8) is 0 Å². The molecule has 9 nitrogen and oxygen atoms in total. The molecule has 4 aromatic rings. The van der Waals surface area contributed by atoms with Gasteiger partial charge in [-0.2, -0.15) is 9.97 Å². The van der Waals surface area contributed by atoms with E-state index in [1.807, 2.05) is 41.3 Å². The molecule has 45 heavy (non-hydrogen) atoms. The van der Waals surface area contributed by atoms with Gasteiger partial charge < -0.3 is 19.8 Å². The number of piperidine rings is 1. The summed E-state index contributed by atoms with van der Waals surface area (Å²) in [6.07, 6.45) is 4.85. The molecule has 0 saturated carbocycles. The molecule has 0 spiro atoms. The molecule has 3 fully saturated rings. The van der Waals surface area contributed by atoms with Crippen LogP contribution in [0.4, 0.5) is 14.6 Å². The number of aliphatic hydroxyl groups excluding tert-OH is 1. The standard InChI is InChI=1S/C34H37F2N5O4/c35-24-16-34(11-4-13-41(34)19-24)20-45-33-38-31-26(32(39-33)40-12-3-5-21(18-40)15-27(43)44)17-37-30(29(31)36)25-9-2-8-22-6-1-7-23(10-14-42)28(22)25/h1-2,6-9,17,21,24,42H,3-5,10-16,18-20H2,(H,43,44)/t21?,24-,34+/m1/s1. The molecular weight excluding hydrogens is 580 g/mol. The van der Waals surface area contributed by atoms with Crippen molar-refractivity contribution < 1.29 is 28.5 Å². The van der Waals surface area contributed by atoms with Gasteiger partial charge in [-0.15, -0.1) is 0 Å². The van der Waals surface area contributed by atoms with Gasteiger partial charge in [0.15, 0.2) is 5.82 Å². The highest BCUT2D eigenvalue weighted by molar-refractivity contribution is 6.00. The number of alkyl halides is 1. The van der Waals surface area contributed by atoms with E-state index in [2.05, 4.69) is 14.9 Å². The molecule has 2 aromatic carbocycles. The molecule has 1 unspecified atom stereocenters. The highest BCUT2D eigenvalue weighted by Crippen LogP contribution is 2.41. The maximum atomic E-state index is 16.8. The van der Waals surface area contributed by atoms with Crippen LogP contribution in [0.3, 0.4) is 0 Å². The zero-order valence-corrected chi connectivity index (χ0v) is 25.1. The lowest BCUT2D eigenvalue weighted by molar-refractivity contribution is -0.138. The molecule has 0 bridgehead atoms. The second-order valence-corrected chi connectivity index (χ2v) is 12.7. The Hall–Kier alpha value is -3.96. The average Bonchev–Trinajstić information content (AvgIpc) is 3.55. The van der Waals surface area contributed by atoms with E-state index in [0.29, 0.717) is 49.2 Å².